The van der Waals surface area contributed by atoms with Crippen molar-refractivity contribution < 1.29 is 49.0 Å². The van der Waals surface area contributed by atoms with Gasteiger partial charge in [0.2, 0.25) is 0 Å². The van der Waals surface area contributed by atoms with E-state index in [0.29, 0.717) is 6.42 Å². The second-order valence-corrected chi connectivity index (χ2v) is 17.3. The van der Waals surface area contributed by atoms with Gasteiger partial charge >= 0.3 is 11.9 Å². The number of carbonyl (C=O) groups excluding carboxylic acids is 2. The summed E-state index contributed by atoms with van der Waals surface area (Å²) >= 11 is 0. The highest BCUT2D eigenvalue weighted by molar-refractivity contribution is 5.70. The minimum Gasteiger partial charge on any atom is -0.462 e. The number of ether oxygens (including phenoxy) is 4. The Morgan fingerprint density at radius 1 is 0.517 bits per heavy atom. The van der Waals surface area contributed by atoms with Crippen LogP contribution in [-0.4, -0.2) is 89.0 Å². The molecule has 1 rings (SSSR count). The number of rotatable bonds is 42. The molecular weight excluding hydrogens is 761 g/mol. The molecule has 6 atom stereocenters. The lowest BCUT2D eigenvalue weighted by Gasteiger charge is -2.39. The van der Waals surface area contributed by atoms with Crippen molar-refractivity contribution in [3.05, 3.63) is 24.3 Å². The molecule has 1 aliphatic heterocycles. The van der Waals surface area contributed by atoms with E-state index in [4.69, 9.17) is 18.9 Å². The number of esters is 2. The van der Waals surface area contributed by atoms with E-state index in [2.05, 4.69) is 38.2 Å². The van der Waals surface area contributed by atoms with Crippen LogP contribution < -0.4 is 0 Å². The second kappa shape index (κ2) is 41.2. The van der Waals surface area contributed by atoms with Gasteiger partial charge in [-0.25, -0.2) is 0 Å². The predicted molar refractivity (Wildman–Crippen MR) is 243 cm³/mol. The molecular formula is C50H92O10. The van der Waals surface area contributed by atoms with Crippen LogP contribution in [0.15, 0.2) is 24.3 Å². The van der Waals surface area contributed by atoms with E-state index in [9.17, 15) is 30.0 Å². The number of aliphatic hydroxyl groups is 4. The van der Waals surface area contributed by atoms with E-state index in [1.54, 1.807) is 0 Å². The third-order valence-corrected chi connectivity index (χ3v) is 11.6. The van der Waals surface area contributed by atoms with Crippen LogP contribution in [0.25, 0.3) is 0 Å². The molecule has 10 heteroatoms. The molecule has 1 fully saturated rings. The molecule has 0 aromatic carbocycles. The smallest absolute Gasteiger partial charge is 0.306 e. The molecule has 0 saturated carbocycles. The van der Waals surface area contributed by atoms with Gasteiger partial charge in [0.05, 0.1) is 13.2 Å². The average molecular weight is 853 g/mol. The van der Waals surface area contributed by atoms with Gasteiger partial charge in [-0.1, -0.05) is 192 Å². The number of unbranched alkanes of at least 4 members (excludes halogenated alkanes) is 27. The van der Waals surface area contributed by atoms with Crippen LogP contribution in [0, 0.1) is 0 Å². The monoisotopic (exact) mass is 853 g/mol. The summed E-state index contributed by atoms with van der Waals surface area (Å²) < 4.78 is 22.2. The summed E-state index contributed by atoms with van der Waals surface area (Å²) in [6.45, 7) is 3.41. The maximum Gasteiger partial charge on any atom is 0.306 e. The van der Waals surface area contributed by atoms with E-state index >= 15 is 0 Å². The molecule has 1 saturated heterocycles. The number of hydrogen-bond acceptors (Lipinski definition) is 10. The lowest BCUT2D eigenvalue weighted by atomic mass is 9.99. The van der Waals surface area contributed by atoms with Crippen molar-refractivity contribution >= 4 is 11.9 Å². The van der Waals surface area contributed by atoms with Crippen molar-refractivity contribution in [2.45, 2.75) is 263 Å². The van der Waals surface area contributed by atoms with E-state index in [0.717, 1.165) is 57.8 Å². The van der Waals surface area contributed by atoms with Crippen LogP contribution in [0.5, 0.6) is 0 Å². The first-order valence-corrected chi connectivity index (χ1v) is 24.9. The van der Waals surface area contributed by atoms with Crippen LogP contribution in [0.2, 0.25) is 0 Å². The fourth-order valence-corrected chi connectivity index (χ4v) is 7.63. The van der Waals surface area contributed by atoms with Crippen LogP contribution in [0.3, 0.4) is 0 Å². The predicted octanol–water partition coefficient (Wildman–Crippen LogP) is 11.3. The zero-order valence-corrected chi connectivity index (χ0v) is 38.5. The van der Waals surface area contributed by atoms with Gasteiger partial charge < -0.3 is 39.4 Å². The van der Waals surface area contributed by atoms with Crippen LogP contribution in [0.4, 0.5) is 0 Å². The zero-order chi connectivity index (χ0) is 43.7. The summed E-state index contributed by atoms with van der Waals surface area (Å²) in [7, 11) is 0. The Morgan fingerprint density at radius 2 is 0.933 bits per heavy atom. The fraction of sp³-hybridized carbons (Fsp3) is 0.880. The molecule has 0 radical (unpaired) electrons. The highest BCUT2D eigenvalue weighted by atomic mass is 16.7. The molecule has 0 aliphatic carbocycles. The van der Waals surface area contributed by atoms with E-state index in [1.807, 2.05) is 0 Å². The number of aliphatic hydroxyl groups excluding tert-OH is 4. The first-order chi connectivity index (χ1) is 29.3. The molecule has 1 heterocycles. The van der Waals surface area contributed by atoms with Crippen molar-refractivity contribution in [1.29, 1.82) is 0 Å². The molecule has 2 unspecified atom stereocenters. The first kappa shape index (κ1) is 56.2. The minimum absolute atomic E-state index is 0.217. The van der Waals surface area contributed by atoms with Gasteiger partial charge in [0.1, 0.15) is 31.0 Å². The average Bonchev–Trinajstić information content (AvgIpc) is 3.25. The van der Waals surface area contributed by atoms with Crippen LogP contribution in [0.1, 0.15) is 226 Å². The third kappa shape index (κ3) is 31.9. The van der Waals surface area contributed by atoms with Crippen molar-refractivity contribution in [1.82, 2.24) is 0 Å². The quantitative estimate of drug-likeness (QED) is 0.0265. The lowest BCUT2D eigenvalue weighted by Crippen LogP contribution is -2.59. The van der Waals surface area contributed by atoms with Gasteiger partial charge in [0, 0.05) is 12.8 Å². The topological polar surface area (TPSA) is 152 Å². The highest BCUT2D eigenvalue weighted by Crippen LogP contribution is 2.23. The van der Waals surface area contributed by atoms with E-state index < -0.39 is 49.4 Å². The maximum absolute atomic E-state index is 12.8. The molecule has 10 nitrogen and oxygen atoms in total. The Labute approximate surface area is 366 Å². The molecule has 0 bridgehead atoms. The van der Waals surface area contributed by atoms with Gasteiger partial charge in [-0.2, -0.15) is 0 Å². The van der Waals surface area contributed by atoms with Gasteiger partial charge in [-0.15, -0.1) is 0 Å². The molecule has 0 amide bonds. The van der Waals surface area contributed by atoms with Gasteiger partial charge in [-0.3, -0.25) is 9.59 Å². The van der Waals surface area contributed by atoms with Crippen molar-refractivity contribution in [2.75, 3.05) is 19.8 Å². The standard InChI is InChI=1S/C50H92O10/c1-3-5-7-9-11-13-15-17-19-20-21-22-23-25-26-28-30-32-34-36-38-45(52)57-41-43(42-58-50-49(56)48(55)47(54)44(40-51)60-50)59-46(53)39-37-35-33-31-29-27-24-18-16-14-12-10-8-6-4-2/h12,14,18,24,43-44,47-51,54-56H,3-11,13,15-17,19-23,25-42H2,1-2H3/b14-12+,24-18+/t43-,44-,47+,48?,49?,50-/m0/s1. The van der Waals surface area contributed by atoms with E-state index in [1.165, 1.54) is 135 Å². The summed E-state index contributed by atoms with van der Waals surface area (Å²) in [4.78, 5) is 25.4. The van der Waals surface area contributed by atoms with Crippen molar-refractivity contribution in [3.8, 4) is 0 Å². The Morgan fingerprint density at radius 3 is 1.42 bits per heavy atom. The molecule has 60 heavy (non-hydrogen) atoms. The molecule has 0 aromatic heterocycles. The Bertz CT molecular complexity index is 1030. The van der Waals surface area contributed by atoms with Gasteiger partial charge in [0.15, 0.2) is 12.4 Å². The van der Waals surface area contributed by atoms with Crippen LogP contribution in [-0.2, 0) is 28.5 Å². The molecule has 352 valence electrons. The minimum atomic E-state index is -1.60. The summed E-state index contributed by atoms with van der Waals surface area (Å²) in [5.74, 6) is -0.812. The number of hydrogen-bond donors (Lipinski definition) is 4. The molecule has 4 N–H and O–H groups in total. The SMILES string of the molecule is CCCCC/C=C/C/C=C/CCCCCCCC(=O)O[C@@H](COC(=O)CCCCCCCCCCCCCCCCCCCCCC)CO[C@H]1O[C@@H](CO)[C@@H](O)C(O)C1O. The summed E-state index contributed by atoms with van der Waals surface area (Å²) in [5.41, 5.74) is 0. The Kier molecular flexibility index (Phi) is 38.6. The third-order valence-electron chi connectivity index (χ3n) is 11.6. The highest BCUT2D eigenvalue weighted by Gasteiger charge is 2.44. The van der Waals surface area contributed by atoms with Crippen molar-refractivity contribution in [3.63, 3.8) is 0 Å². The first-order valence-electron chi connectivity index (χ1n) is 24.9. The maximum atomic E-state index is 12.8. The summed E-state index contributed by atoms with van der Waals surface area (Å²) in [6, 6.07) is 0. The molecule has 0 aromatic rings. The lowest BCUT2D eigenvalue weighted by molar-refractivity contribution is -0.305. The van der Waals surface area contributed by atoms with Crippen LogP contribution >= 0.6 is 0 Å². The van der Waals surface area contributed by atoms with E-state index in [-0.39, 0.29) is 32.0 Å². The molecule has 0 spiro atoms. The fourth-order valence-electron chi connectivity index (χ4n) is 7.63. The van der Waals surface area contributed by atoms with Crippen molar-refractivity contribution in [2.24, 2.45) is 0 Å². The summed E-state index contributed by atoms with van der Waals surface area (Å²) in [6.07, 6.45) is 39.0. The Hall–Kier alpha value is -1.82. The summed E-state index contributed by atoms with van der Waals surface area (Å²) in [5, 5.41) is 40.1. The largest absolute Gasteiger partial charge is 0.462 e. The molecule has 1 aliphatic rings. The second-order valence-electron chi connectivity index (χ2n) is 17.3. The number of allylic oxidation sites excluding steroid dienone is 4. The van der Waals surface area contributed by atoms with Gasteiger partial charge in [-0.05, 0) is 44.9 Å². The normalized spacial score (nSPS) is 20.0. The Balaban J connectivity index is 2.26. The van der Waals surface area contributed by atoms with Gasteiger partial charge in [0.25, 0.3) is 0 Å². The zero-order valence-electron chi connectivity index (χ0n) is 38.5. The number of carbonyl (C=O) groups is 2.